The first-order chi connectivity index (χ1) is 11.6. The monoisotopic (exact) mass is 373 g/mol. The van der Waals surface area contributed by atoms with Gasteiger partial charge in [-0.05, 0) is 12.8 Å². The Labute approximate surface area is 150 Å². The van der Waals surface area contributed by atoms with E-state index in [0.717, 1.165) is 37.5 Å². The number of rotatable bonds is 9. The van der Waals surface area contributed by atoms with Crippen LogP contribution in [0, 0.1) is 0 Å². The molecule has 0 fully saturated rings. The number of hydrogen-bond acceptors (Lipinski definition) is 6. The molecule has 0 radical (unpaired) electrons. The van der Waals surface area contributed by atoms with Crippen molar-refractivity contribution in [3.05, 3.63) is 48.6 Å². The van der Waals surface area contributed by atoms with Crippen molar-refractivity contribution in [2.24, 2.45) is 0 Å². The van der Waals surface area contributed by atoms with Gasteiger partial charge in [0.1, 0.15) is 6.54 Å². The van der Waals surface area contributed by atoms with Crippen molar-refractivity contribution in [3.63, 3.8) is 0 Å². The highest BCUT2D eigenvalue weighted by Gasteiger charge is 2.15. The van der Waals surface area contributed by atoms with Gasteiger partial charge in [-0.15, -0.1) is 0 Å². The van der Waals surface area contributed by atoms with Gasteiger partial charge in [-0.2, -0.15) is 0 Å². The zero-order valence-electron chi connectivity index (χ0n) is 15.0. The summed E-state index contributed by atoms with van der Waals surface area (Å²) in [6, 6.07) is 10.5. The molecule has 0 aromatic heterocycles. The summed E-state index contributed by atoms with van der Waals surface area (Å²) in [6.07, 6.45) is 3.15. The molecule has 0 aliphatic carbocycles. The summed E-state index contributed by atoms with van der Waals surface area (Å²) in [7, 11) is 0.846. The first-order valence-electron chi connectivity index (χ1n) is 7.76. The van der Waals surface area contributed by atoms with Gasteiger partial charge >= 0.3 is 5.97 Å². The summed E-state index contributed by atoms with van der Waals surface area (Å²) >= 11 is 0. The van der Waals surface area contributed by atoms with Crippen molar-refractivity contribution < 1.29 is 31.2 Å². The van der Waals surface area contributed by atoms with Crippen molar-refractivity contribution in [2.75, 3.05) is 34.4 Å². The minimum Gasteiger partial charge on any atom is -0.726 e. The van der Waals surface area contributed by atoms with Crippen molar-refractivity contribution in [1.29, 1.82) is 0 Å². The molecule has 0 saturated carbocycles. The van der Waals surface area contributed by atoms with Gasteiger partial charge < -0.3 is 13.8 Å². The molecule has 0 atom stereocenters. The van der Waals surface area contributed by atoms with Gasteiger partial charge in [-0.1, -0.05) is 36.9 Å². The Bertz CT molecular complexity index is 613. The lowest BCUT2D eigenvalue weighted by atomic mass is 10.2. The average molecular weight is 373 g/mol. The Morgan fingerprint density at radius 3 is 2.28 bits per heavy atom. The second-order valence-electron chi connectivity index (χ2n) is 5.96. The maximum absolute atomic E-state index is 10.9. The molecule has 1 aromatic rings. The van der Waals surface area contributed by atoms with Crippen LogP contribution in [0.1, 0.15) is 18.4 Å². The normalized spacial score (nSPS) is 11.2. The topological polar surface area (TPSA) is 92.7 Å². The fraction of sp³-hybridized carbons (Fsp3) is 0.471. The molecule has 0 saturated heterocycles. The predicted octanol–water partition coefficient (Wildman–Crippen LogP) is 1.87. The van der Waals surface area contributed by atoms with Crippen molar-refractivity contribution in [1.82, 2.24) is 0 Å². The van der Waals surface area contributed by atoms with Crippen LogP contribution in [0.5, 0.6) is 0 Å². The number of hydrogen-bond donors (Lipinski definition) is 0. The number of carbonyl (C=O) groups is 1. The summed E-state index contributed by atoms with van der Waals surface area (Å²) in [5, 5.41) is 0. The molecule has 1 rings (SSSR count). The fourth-order valence-corrected chi connectivity index (χ4v) is 2.03. The molecule has 0 aliphatic heterocycles. The Morgan fingerprint density at radius 1 is 1.24 bits per heavy atom. The van der Waals surface area contributed by atoms with Crippen LogP contribution in [-0.4, -0.2) is 57.8 Å². The smallest absolute Gasteiger partial charge is 0.330 e. The number of ether oxygens (including phenoxy) is 1. The minimum atomic E-state index is -4.41. The summed E-state index contributed by atoms with van der Waals surface area (Å²) in [5.41, 5.74) is 1.35. The second-order valence-corrected chi connectivity index (χ2v) is 7.11. The maximum Gasteiger partial charge on any atom is 0.330 e. The molecule has 0 spiro atoms. The second kappa shape index (κ2) is 11.8. The van der Waals surface area contributed by atoms with Gasteiger partial charge in [0.05, 0.1) is 34.4 Å². The lowest BCUT2D eigenvalue weighted by molar-refractivity contribution is -0.903. The van der Waals surface area contributed by atoms with E-state index < -0.39 is 10.4 Å². The van der Waals surface area contributed by atoms with Crippen LogP contribution in [0.2, 0.25) is 0 Å². The van der Waals surface area contributed by atoms with Gasteiger partial charge in [0, 0.05) is 11.6 Å². The third-order valence-corrected chi connectivity index (χ3v) is 3.63. The highest BCUT2D eigenvalue weighted by Crippen LogP contribution is 2.10. The van der Waals surface area contributed by atoms with Crippen LogP contribution >= 0.6 is 0 Å². The van der Waals surface area contributed by atoms with E-state index in [1.54, 1.807) is 0 Å². The first kappa shape index (κ1) is 23.3. The minimum absolute atomic E-state index is 0.335. The van der Waals surface area contributed by atoms with Gasteiger partial charge in [-0.25, -0.2) is 13.2 Å². The SMILES string of the molecule is C=CC(=O)OCCCC[N+](C)(C)Cc1ccccc1.COS(=O)(=O)[O-]. The van der Waals surface area contributed by atoms with E-state index in [4.69, 9.17) is 4.74 Å². The Balaban J connectivity index is 0.000000823. The Kier molecular flexibility index (Phi) is 10.9. The van der Waals surface area contributed by atoms with E-state index >= 15 is 0 Å². The number of nitrogens with zero attached hydrogens (tertiary/aromatic N) is 1. The third kappa shape index (κ3) is 14.3. The summed E-state index contributed by atoms with van der Waals surface area (Å²) < 4.78 is 36.9. The quantitative estimate of drug-likeness (QED) is 0.164. The Morgan fingerprint density at radius 2 is 1.80 bits per heavy atom. The standard InChI is InChI=1S/C16H24NO2.CH4O4S/c1-4-16(18)19-13-9-8-12-17(2,3)14-15-10-6-5-7-11-15;1-5-6(2,3)4/h4-7,10-11H,1,8-9,12-14H2,2-3H3;1H3,(H,2,3,4)/q+1;/p-1. The van der Waals surface area contributed by atoms with Gasteiger partial charge in [0.25, 0.3) is 0 Å². The first-order valence-corrected chi connectivity index (χ1v) is 9.09. The summed E-state index contributed by atoms with van der Waals surface area (Å²) in [6.45, 7) is 5.94. The molecular weight excluding hydrogens is 346 g/mol. The number of quaternary nitrogens is 1. The number of benzene rings is 1. The van der Waals surface area contributed by atoms with E-state index in [2.05, 4.69) is 49.1 Å². The number of unbranched alkanes of at least 4 members (excludes halogenated alkanes) is 1. The van der Waals surface area contributed by atoms with E-state index in [0.29, 0.717) is 6.61 Å². The van der Waals surface area contributed by atoms with E-state index in [1.807, 2.05) is 6.07 Å². The molecule has 0 N–H and O–H groups in total. The molecular formula is C17H27NO6S. The average Bonchev–Trinajstić information content (AvgIpc) is 2.54. The van der Waals surface area contributed by atoms with E-state index in [-0.39, 0.29) is 5.97 Å². The van der Waals surface area contributed by atoms with Crippen molar-refractivity contribution >= 4 is 16.4 Å². The van der Waals surface area contributed by atoms with E-state index in [1.165, 1.54) is 11.6 Å². The molecule has 0 bridgehead atoms. The lowest BCUT2D eigenvalue weighted by Crippen LogP contribution is -2.39. The molecule has 0 aliphatic rings. The molecule has 7 nitrogen and oxygen atoms in total. The number of esters is 1. The molecule has 25 heavy (non-hydrogen) atoms. The molecule has 0 heterocycles. The molecule has 1 aromatic carbocycles. The zero-order chi connectivity index (χ0) is 19.3. The third-order valence-electron chi connectivity index (χ3n) is 3.23. The Hall–Kier alpha value is -1.74. The lowest BCUT2D eigenvalue weighted by Gasteiger charge is -2.30. The van der Waals surface area contributed by atoms with Crippen LogP contribution < -0.4 is 0 Å². The van der Waals surface area contributed by atoms with Crippen LogP contribution in [0.4, 0.5) is 0 Å². The predicted molar refractivity (Wildman–Crippen MR) is 94.2 cm³/mol. The highest BCUT2D eigenvalue weighted by molar-refractivity contribution is 7.80. The molecule has 0 amide bonds. The van der Waals surface area contributed by atoms with Gasteiger partial charge in [-0.3, -0.25) is 4.18 Å². The highest BCUT2D eigenvalue weighted by atomic mass is 32.3. The van der Waals surface area contributed by atoms with Crippen LogP contribution in [-0.2, 0) is 30.7 Å². The molecule has 0 unspecified atom stereocenters. The number of carbonyl (C=O) groups excluding carboxylic acids is 1. The summed E-state index contributed by atoms with van der Waals surface area (Å²) in [4.78, 5) is 10.9. The summed E-state index contributed by atoms with van der Waals surface area (Å²) in [5.74, 6) is -0.335. The van der Waals surface area contributed by atoms with Gasteiger partial charge in [0.2, 0.25) is 10.4 Å². The maximum atomic E-state index is 10.9. The van der Waals surface area contributed by atoms with Gasteiger partial charge in [0.15, 0.2) is 0 Å². The zero-order valence-corrected chi connectivity index (χ0v) is 15.8. The largest absolute Gasteiger partial charge is 0.726 e. The molecule has 8 heteroatoms. The van der Waals surface area contributed by atoms with E-state index in [9.17, 15) is 17.8 Å². The fourth-order valence-electron chi connectivity index (χ4n) is 2.03. The van der Waals surface area contributed by atoms with Crippen LogP contribution in [0.3, 0.4) is 0 Å². The van der Waals surface area contributed by atoms with Crippen molar-refractivity contribution in [2.45, 2.75) is 19.4 Å². The van der Waals surface area contributed by atoms with Crippen LogP contribution in [0.25, 0.3) is 0 Å². The van der Waals surface area contributed by atoms with Crippen LogP contribution in [0.15, 0.2) is 43.0 Å². The molecule has 142 valence electrons. The van der Waals surface area contributed by atoms with Crippen molar-refractivity contribution in [3.8, 4) is 0 Å².